The summed E-state index contributed by atoms with van der Waals surface area (Å²) in [6.45, 7) is 5.89. The molecule has 3 N–H and O–H groups in total. The molecule has 0 saturated carbocycles. The molecule has 0 atom stereocenters. The number of hydrogen-bond donors (Lipinski definition) is 2. The number of hydrogen-bond acceptors (Lipinski definition) is 4. The Morgan fingerprint density at radius 2 is 1.89 bits per heavy atom. The molecule has 0 amide bonds. The molecule has 0 unspecified atom stereocenters. The van der Waals surface area contributed by atoms with E-state index in [0.29, 0.717) is 22.7 Å². The maximum Gasteiger partial charge on any atom is 0.241 e. The summed E-state index contributed by atoms with van der Waals surface area (Å²) in [6, 6.07) is 1.82. The van der Waals surface area contributed by atoms with Crippen LogP contribution in [-0.2, 0) is 10.0 Å². The quantitative estimate of drug-likeness (QED) is 0.624. The molecule has 0 spiro atoms. The largest absolute Gasteiger partial charge is 0.398 e. The van der Waals surface area contributed by atoms with E-state index in [4.69, 9.17) is 5.73 Å². The fourth-order valence-electron chi connectivity index (χ4n) is 1.94. The summed E-state index contributed by atoms with van der Waals surface area (Å²) in [7, 11) is -3.49. The van der Waals surface area contributed by atoms with Crippen LogP contribution in [0, 0.1) is 20.8 Å². The number of nitrogens with one attached hydrogen (secondary N) is 1. The van der Waals surface area contributed by atoms with Gasteiger partial charge >= 0.3 is 0 Å². The zero-order valence-electron chi connectivity index (χ0n) is 11.9. The van der Waals surface area contributed by atoms with E-state index < -0.39 is 10.0 Å². The summed E-state index contributed by atoms with van der Waals surface area (Å²) in [6.07, 6.45) is 2.82. The van der Waals surface area contributed by atoms with E-state index in [0.717, 1.165) is 23.3 Å². The summed E-state index contributed by atoms with van der Waals surface area (Å²) >= 11 is 1.70. The Balaban J connectivity index is 3.08. The first kappa shape index (κ1) is 16.3. The Labute approximate surface area is 120 Å². The summed E-state index contributed by atoms with van der Waals surface area (Å²) in [5, 5.41) is 0. The van der Waals surface area contributed by atoms with Gasteiger partial charge in [0, 0.05) is 12.2 Å². The van der Waals surface area contributed by atoms with Crippen molar-refractivity contribution >= 4 is 27.5 Å². The number of nitrogens with two attached hydrogens (primary N) is 1. The zero-order chi connectivity index (χ0) is 14.6. The Morgan fingerprint density at radius 3 is 2.47 bits per heavy atom. The lowest BCUT2D eigenvalue weighted by Crippen LogP contribution is -2.27. The molecule has 0 bridgehead atoms. The fourth-order valence-corrected chi connectivity index (χ4v) is 4.01. The van der Waals surface area contributed by atoms with Crippen molar-refractivity contribution in [2.24, 2.45) is 0 Å². The van der Waals surface area contributed by atoms with E-state index in [1.165, 1.54) is 0 Å². The van der Waals surface area contributed by atoms with Crippen LogP contribution >= 0.6 is 11.8 Å². The third-order valence-electron chi connectivity index (χ3n) is 3.16. The highest BCUT2D eigenvalue weighted by Crippen LogP contribution is 2.27. The third kappa shape index (κ3) is 3.87. The van der Waals surface area contributed by atoms with Gasteiger partial charge in [0.1, 0.15) is 0 Å². The number of rotatable bonds is 6. The predicted molar refractivity (Wildman–Crippen MR) is 83.3 cm³/mol. The highest BCUT2D eigenvalue weighted by atomic mass is 32.2. The highest BCUT2D eigenvalue weighted by molar-refractivity contribution is 7.98. The van der Waals surface area contributed by atoms with Crippen molar-refractivity contribution in [3.05, 3.63) is 22.8 Å². The van der Waals surface area contributed by atoms with Gasteiger partial charge in [-0.2, -0.15) is 11.8 Å². The molecule has 19 heavy (non-hydrogen) atoms. The van der Waals surface area contributed by atoms with E-state index in [2.05, 4.69) is 4.72 Å². The fraction of sp³-hybridized carbons (Fsp3) is 0.538. The molecule has 4 nitrogen and oxygen atoms in total. The van der Waals surface area contributed by atoms with Crippen LogP contribution in [0.15, 0.2) is 11.0 Å². The summed E-state index contributed by atoms with van der Waals surface area (Å²) in [4.78, 5) is 0.328. The molecule has 0 radical (unpaired) electrons. The number of sulfonamides is 1. The van der Waals surface area contributed by atoms with Crippen molar-refractivity contribution < 1.29 is 8.42 Å². The number of thioether (sulfide) groups is 1. The van der Waals surface area contributed by atoms with Crippen molar-refractivity contribution in [2.45, 2.75) is 32.1 Å². The standard InChI is InChI=1S/C13H22N2O2S2/c1-9-8-12(14)11(3)13(10(9)2)19(16,17)15-6-5-7-18-4/h8,15H,5-7,14H2,1-4H3. The van der Waals surface area contributed by atoms with Crippen LogP contribution in [0.1, 0.15) is 23.1 Å². The smallest absolute Gasteiger partial charge is 0.241 e. The molecule has 0 aliphatic carbocycles. The van der Waals surface area contributed by atoms with E-state index in [1.807, 2.05) is 26.2 Å². The first-order valence-corrected chi connectivity index (χ1v) is 9.04. The SMILES string of the molecule is CSCCCNS(=O)(=O)c1c(C)c(C)cc(N)c1C. The monoisotopic (exact) mass is 302 g/mol. The van der Waals surface area contributed by atoms with E-state index >= 15 is 0 Å². The van der Waals surface area contributed by atoms with E-state index in [1.54, 1.807) is 18.7 Å². The second-order valence-electron chi connectivity index (χ2n) is 4.61. The molecule has 1 aromatic carbocycles. The lowest BCUT2D eigenvalue weighted by atomic mass is 10.1. The lowest BCUT2D eigenvalue weighted by Gasteiger charge is -2.15. The molecule has 1 aromatic rings. The molecule has 0 heterocycles. The molecule has 1 rings (SSSR count). The van der Waals surface area contributed by atoms with Crippen LogP contribution in [0.25, 0.3) is 0 Å². The van der Waals surface area contributed by atoms with Gasteiger partial charge in [0.05, 0.1) is 4.90 Å². The van der Waals surface area contributed by atoms with Crippen LogP contribution < -0.4 is 10.5 Å². The van der Waals surface area contributed by atoms with Crippen LogP contribution in [-0.4, -0.2) is 27.0 Å². The van der Waals surface area contributed by atoms with Gasteiger partial charge in [-0.25, -0.2) is 13.1 Å². The lowest BCUT2D eigenvalue weighted by molar-refractivity contribution is 0.579. The maximum absolute atomic E-state index is 12.4. The number of aryl methyl sites for hydroxylation is 1. The minimum absolute atomic E-state index is 0.328. The van der Waals surface area contributed by atoms with Gasteiger partial charge in [-0.05, 0) is 62.0 Å². The highest BCUT2D eigenvalue weighted by Gasteiger charge is 2.21. The van der Waals surface area contributed by atoms with Crippen molar-refractivity contribution in [3.8, 4) is 0 Å². The summed E-state index contributed by atoms with van der Waals surface area (Å²) in [5.41, 5.74) is 8.68. The first-order chi connectivity index (χ1) is 8.81. The van der Waals surface area contributed by atoms with Gasteiger partial charge in [0.25, 0.3) is 0 Å². The second kappa shape index (κ2) is 6.63. The molecule has 0 saturated heterocycles. The van der Waals surface area contributed by atoms with Gasteiger partial charge in [-0.1, -0.05) is 0 Å². The molecule has 0 aliphatic rings. The minimum atomic E-state index is -3.49. The first-order valence-electron chi connectivity index (χ1n) is 6.16. The topological polar surface area (TPSA) is 72.2 Å². The maximum atomic E-state index is 12.4. The van der Waals surface area contributed by atoms with Crippen molar-refractivity contribution in [1.29, 1.82) is 0 Å². The Morgan fingerprint density at radius 1 is 1.26 bits per heavy atom. The Hall–Kier alpha value is -0.720. The molecule has 108 valence electrons. The van der Waals surface area contributed by atoms with Crippen molar-refractivity contribution in [1.82, 2.24) is 4.72 Å². The van der Waals surface area contributed by atoms with Crippen LogP contribution in [0.2, 0.25) is 0 Å². The third-order valence-corrected chi connectivity index (χ3v) is 5.59. The number of benzene rings is 1. The summed E-state index contributed by atoms with van der Waals surface area (Å²) < 4.78 is 27.4. The molecule has 0 fully saturated rings. The average molecular weight is 302 g/mol. The van der Waals surface area contributed by atoms with Crippen molar-refractivity contribution in [3.63, 3.8) is 0 Å². The second-order valence-corrected chi connectivity index (χ2v) is 7.30. The van der Waals surface area contributed by atoms with E-state index in [-0.39, 0.29) is 0 Å². The number of nitrogen functional groups attached to an aromatic ring is 1. The zero-order valence-corrected chi connectivity index (χ0v) is 13.5. The molecular formula is C13H22N2O2S2. The average Bonchev–Trinajstić information content (AvgIpc) is 2.32. The van der Waals surface area contributed by atoms with Gasteiger partial charge in [-0.15, -0.1) is 0 Å². The normalized spacial score (nSPS) is 11.8. The van der Waals surface area contributed by atoms with E-state index in [9.17, 15) is 8.42 Å². The van der Waals surface area contributed by atoms with Gasteiger partial charge in [0.15, 0.2) is 0 Å². The van der Waals surface area contributed by atoms with Gasteiger partial charge in [0.2, 0.25) is 10.0 Å². The predicted octanol–water partition coefficient (Wildman–Crippen LogP) is 2.23. The molecular weight excluding hydrogens is 280 g/mol. The molecule has 0 aliphatic heterocycles. The van der Waals surface area contributed by atoms with Crippen LogP contribution in [0.3, 0.4) is 0 Å². The van der Waals surface area contributed by atoms with Crippen LogP contribution in [0.4, 0.5) is 5.69 Å². The Kier molecular flexibility index (Phi) is 5.70. The van der Waals surface area contributed by atoms with Crippen molar-refractivity contribution in [2.75, 3.05) is 24.3 Å². The van der Waals surface area contributed by atoms with Gasteiger partial charge in [-0.3, -0.25) is 0 Å². The molecule has 0 aromatic heterocycles. The minimum Gasteiger partial charge on any atom is -0.398 e. The van der Waals surface area contributed by atoms with Gasteiger partial charge < -0.3 is 5.73 Å². The van der Waals surface area contributed by atoms with Crippen LogP contribution in [0.5, 0.6) is 0 Å². The number of anilines is 1. The molecule has 6 heteroatoms. The Bertz CT molecular complexity index is 528. The summed E-state index contributed by atoms with van der Waals surface area (Å²) in [5.74, 6) is 0.941.